The molecule has 0 saturated heterocycles. The van der Waals surface area contributed by atoms with E-state index < -0.39 is 0 Å². The average molecular weight is 294 g/mol. The summed E-state index contributed by atoms with van der Waals surface area (Å²) in [6.45, 7) is 11.1. The van der Waals surface area contributed by atoms with Crippen LogP contribution in [0.3, 0.4) is 0 Å². The van der Waals surface area contributed by atoms with E-state index in [0.717, 1.165) is 23.1 Å². The van der Waals surface area contributed by atoms with E-state index in [-0.39, 0.29) is 0 Å². The third-order valence-electron chi connectivity index (χ3n) is 5.75. The van der Waals surface area contributed by atoms with Crippen molar-refractivity contribution >= 4 is 17.4 Å². The Morgan fingerprint density at radius 3 is 2.50 bits per heavy atom. The van der Waals surface area contributed by atoms with Gasteiger partial charge < -0.3 is 5.32 Å². The van der Waals surface area contributed by atoms with Gasteiger partial charge in [-0.2, -0.15) is 0 Å². The van der Waals surface area contributed by atoms with Crippen molar-refractivity contribution in [1.29, 1.82) is 0 Å². The van der Waals surface area contributed by atoms with Crippen LogP contribution in [0.25, 0.3) is 0 Å². The van der Waals surface area contributed by atoms with Crippen LogP contribution in [0.5, 0.6) is 0 Å². The van der Waals surface area contributed by atoms with Crippen molar-refractivity contribution in [3.63, 3.8) is 0 Å². The Balaban J connectivity index is 1.96. The molecule has 20 heavy (non-hydrogen) atoms. The van der Waals surface area contributed by atoms with Crippen molar-refractivity contribution in [1.82, 2.24) is 9.97 Å². The highest BCUT2D eigenvalue weighted by Crippen LogP contribution is 2.63. The molecule has 3 unspecified atom stereocenters. The second-order valence-corrected chi connectivity index (χ2v) is 7.89. The van der Waals surface area contributed by atoms with Crippen LogP contribution in [0, 0.1) is 30.6 Å². The number of hydrogen-bond donors (Lipinski definition) is 1. The molecule has 2 aliphatic rings. The molecular formula is C16H24ClN3. The molecule has 0 aromatic carbocycles. The maximum Gasteiger partial charge on any atom is 0.137 e. The molecule has 0 aliphatic heterocycles. The Kier molecular flexibility index (Phi) is 3.06. The smallest absolute Gasteiger partial charge is 0.137 e. The summed E-state index contributed by atoms with van der Waals surface area (Å²) in [5.41, 5.74) is 1.65. The molecule has 1 N–H and O–H groups in total. The molecule has 0 amide bonds. The zero-order valence-electron chi connectivity index (χ0n) is 13.0. The van der Waals surface area contributed by atoms with E-state index in [0.29, 0.717) is 22.0 Å². The first-order valence-electron chi connectivity index (χ1n) is 7.51. The predicted octanol–water partition coefficient (Wildman–Crippen LogP) is 4.37. The third-order valence-corrected chi connectivity index (χ3v) is 6.12. The largest absolute Gasteiger partial charge is 0.366 e. The molecule has 0 spiro atoms. The van der Waals surface area contributed by atoms with Gasteiger partial charge in [-0.25, -0.2) is 9.97 Å². The van der Waals surface area contributed by atoms with Crippen LogP contribution in [-0.2, 0) is 0 Å². The van der Waals surface area contributed by atoms with Crippen LogP contribution in [-0.4, -0.2) is 16.0 Å². The van der Waals surface area contributed by atoms with Crippen molar-refractivity contribution in [2.75, 3.05) is 5.32 Å². The lowest BCUT2D eigenvalue weighted by molar-refractivity contribution is 0.155. The van der Waals surface area contributed by atoms with Crippen molar-refractivity contribution in [3.8, 4) is 0 Å². The quantitative estimate of drug-likeness (QED) is 0.823. The number of rotatable bonds is 2. The number of anilines is 1. The van der Waals surface area contributed by atoms with Gasteiger partial charge in [0.05, 0.1) is 0 Å². The van der Waals surface area contributed by atoms with Crippen LogP contribution in [0.2, 0.25) is 5.15 Å². The zero-order chi connectivity index (χ0) is 14.7. The van der Waals surface area contributed by atoms with Gasteiger partial charge in [-0.3, -0.25) is 0 Å². The lowest BCUT2D eigenvalue weighted by Crippen LogP contribution is -2.46. The predicted molar refractivity (Wildman–Crippen MR) is 83.2 cm³/mol. The molecule has 2 fully saturated rings. The Morgan fingerprint density at radius 1 is 1.20 bits per heavy atom. The van der Waals surface area contributed by atoms with E-state index in [1.807, 2.05) is 13.8 Å². The Hall–Kier alpha value is -0.830. The highest BCUT2D eigenvalue weighted by atomic mass is 35.5. The van der Waals surface area contributed by atoms with E-state index in [2.05, 4.69) is 36.1 Å². The van der Waals surface area contributed by atoms with Gasteiger partial charge in [0.25, 0.3) is 0 Å². The molecule has 0 radical (unpaired) electrons. The van der Waals surface area contributed by atoms with Gasteiger partial charge in [0.15, 0.2) is 0 Å². The van der Waals surface area contributed by atoms with Gasteiger partial charge in [-0.05, 0) is 49.9 Å². The van der Waals surface area contributed by atoms with Crippen LogP contribution < -0.4 is 5.32 Å². The van der Waals surface area contributed by atoms with Crippen molar-refractivity contribution < 1.29 is 0 Å². The molecule has 3 nitrogen and oxygen atoms in total. The van der Waals surface area contributed by atoms with Crippen LogP contribution in [0.15, 0.2) is 0 Å². The minimum atomic E-state index is 0.310. The monoisotopic (exact) mass is 293 g/mol. The molecule has 2 bridgehead atoms. The van der Waals surface area contributed by atoms with Crippen LogP contribution in [0.1, 0.15) is 51.4 Å². The number of hydrogen-bond acceptors (Lipinski definition) is 3. The fourth-order valence-electron chi connectivity index (χ4n) is 4.53. The summed E-state index contributed by atoms with van der Waals surface area (Å²) < 4.78 is 0. The first kappa shape index (κ1) is 14.1. The summed E-state index contributed by atoms with van der Waals surface area (Å²) in [6.07, 6.45) is 4.01. The topological polar surface area (TPSA) is 37.8 Å². The van der Waals surface area contributed by atoms with Crippen molar-refractivity contribution in [2.24, 2.45) is 16.7 Å². The van der Waals surface area contributed by atoms with Gasteiger partial charge >= 0.3 is 0 Å². The van der Waals surface area contributed by atoms with Gasteiger partial charge in [0.2, 0.25) is 0 Å². The van der Waals surface area contributed by atoms with Crippen molar-refractivity contribution in [2.45, 2.75) is 59.9 Å². The van der Waals surface area contributed by atoms with Crippen LogP contribution >= 0.6 is 11.6 Å². The van der Waals surface area contributed by atoms with E-state index in [4.69, 9.17) is 11.6 Å². The zero-order valence-corrected chi connectivity index (χ0v) is 13.8. The third kappa shape index (κ3) is 1.93. The SMILES string of the molecule is Cc1nc(Cl)c(C)c(NC2C3(C)CCC(C3)C2(C)C)n1. The maximum atomic E-state index is 6.20. The molecular weight excluding hydrogens is 270 g/mol. The Morgan fingerprint density at radius 2 is 1.90 bits per heavy atom. The number of aromatic nitrogens is 2. The molecule has 4 heteroatoms. The summed E-state index contributed by atoms with van der Waals surface area (Å²) in [5.74, 6) is 2.47. The molecule has 1 aromatic heterocycles. The molecule has 3 rings (SSSR count). The molecule has 1 aromatic rings. The number of halogens is 1. The van der Waals surface area contributed by atoms with Gasteiger partial charge in [-0.1, -0.05) is 32.4 Å². The summed E-state index contributed by atoms with van der Waals surface area (Å²) in [7, 11) is 0. The van der Waals surface area contributed by atoms with E-state index in [1.165, 1.54) is 19.3 Å². The highest BCUT2D eigenvalue weighted by Gasteiger charge is 2.59. The van der Waals surface area contributed by atoms with Crippen LogP contribution in [0.4, 0.5) is 5.82 Å². The molecule has 2 saturated carbocycles. The fourth-order valence-corrected chi connectivity index (χ4v) is 4.75. The van der Waals surface area contributed by atoms with E-state index >= 15 is 0 Å². The summed E-state index contributed by atoms with van der Waals surface area (Å²) in [6, 6.07) is 0.456. The standard InChI is InChI=1S/C16H24ClN3/c1-9-12(17)18-10(2)19-13(9)20-14-15(3,4)11-6-7-16(14,5)8-11/h11,14H,6-8H2,1-5H3,(H,18,19,20). The summed E-state index contributed by atoms with van der Waals surface area (Å²) in [5, 5.41) is 4.28. The first-order chi connectivity index (χ1) is 9.24. The Labute approximate surface area is 126 Å². The van der Waals surface area contributed by atoms with Gasteiger partial charge in [0, 0.05) is 11.6 Å². The minimum absolute atomic E-state index is 0.310. The fraction of sp³-hybridized carbons (Fsp3) is 0.750. The average Bonchev–Trinajstić information content (AvgIpc) is 2.81. The number of aryl methyl sites for hydroxylation is 1. The lowest BCUT2D eigenvalue weighted by atomic mass is 9.68. The summed E-state index contributed by atoms with van der Waals surface area (Å²) in [4.78, 5) is 8.79. The lowest BCUT2D eigenvalue weighted by Gasteiger charge is -2.43. The summed E-state index contributed by atoms with van der Waals surface area (Å²) >= 11 is 6.20. The van der Waals surface area contributed by atoms with E-state index in [1.54, 1.807) is 0 Å². The van der Waals surface area contributed by atoms with E-state index in [9.17, 15) is 0 Å². The van der Waals surface area contributed by atoms with Gasteiger partial charge in [0.1, 0.15) is 16.8 Å². The highest BCUT2D eigenvalue weighted by molar-refractivity contribution is 6.30. The second kappa shape index (κ2) is 4.33. The molecule has 2 aliphatic carbocycles. The number of fused-ring (bicyclic) bond motifs is 2. The minimum Gasteiger partial charge on any atom is -0.366 e. The maximum absolute atomic E-state index is 6.20. The first-order valence-corrected chi connectivity index (χ1v) is 7.89. The second-order valence-electron chi connectivity index (χ2n) is 7.53. The molecule has 1 heterocycles. The molecule has 3 atom stereocenters. The normalized spacial score (nSPS) is 34.5. The number of nitrogens with zero attached hydrogens (tertiary/aromatic N) is 2. The van der Waals surface area contributed by atoms with Gasteiger partial charge in [-0.15, -0.1) is 0 Å². The number of nitrogens with one attached hydrogen (secondary N) is 1. The van der Waals surface area contributed by atoms with Crippen molar-refractivity contribution in [3.05, 3.63) is 16.5 Å². The molecule has 110 valence electrons. The Bertz CT molecular complexity index is 550.